The molecule has 1 aliphatic carbocycles. The first-order valence-corrected chi connectivity index (χ1v) is 7.03. The molecule has 1 unspecified atom stereocenters. The maximum absolute atomic E-state index is 13.1. The third-order valence-corrected chi connectivity index (χ3v) is 5.25. The third-order valence-electron chi connectivity index (χ3n) is 3.26. The van der Waals surface area contributed by atoms with Crippen molar-refractivity contribution in [3.63, 3.8) is 0 Å². The number of halogens is 2. The maximum atomic E-state index is 13.1. The van der Waals surface area contributed by atoms with Crippen LogP contribution < -0.4 is 0 Å². The van der Waals surface area contributed by atoms with Gasteiger partial charge in [0.15, 0.2) is 0 Å². The van der Waals surface area contributed by atoms with Crippen LogP contribution in [0.1, 0.15) is 22.4 Å². The minimum absolute atomic E-state index is 0.238. The predicted octanol–water partition coefficient (Wildman–Crippen LogP) is 3.83. The summed E-state index contributed by atoms with van der Waals surface area (Å²) in [6.45, 7) is 0. The minimum atomic E-state index is -0.962. The van der Waals surface area contributed by atoms with Crippen LogP contribution in [-0.4, -0.2) is 5.11 Å². The molecule has 4 heteroatoms. The van der Waals surface area contributed by atoms with Crippen molar-refractivity contribution in [2.75, 3.05) is 0 Å². The van der Waals surface area contributed by atoms with Crippen molar-refractivity contribution in [1.82, 2.24) is 0 Å². The zero-order chi connectivity index (χ0) is 12.0. The summed E-state index contributed by atoms with van der Waals surface area (Å²) in [5.41, 5.74) is 0.783. The molecule has 1 aliphatic rings. The number of thiophene rings is 1. The normalized spacial score (nSPS) is 22.8. The number of benzene rings is 1. The van der Waals surface area contributed by atoms with Gasteiger partial charge in [0.1, 0.15) is 11.4 Å². The summed E-state index contributed by atoms with van der Waals surface area (Å²) in [6, 6.07) is 6.56. The molecule has 0 spiro atoms. The Bertz CT molecular complexity index is 581. The molecule has 0 amide bonds. The van der Waals surface area contributed by atoms with E-state index < -0.39 is 5.60 Å². The fourth-order valence-corrected chi connectivity index (χ4v) is 4.29. The van der Waals surface area contributed by atoms with Crippen LogP contribution in [0.15, 0.2) is 34.1 Å². The summed E-state index contributed by atoms with van der Waals surface area (Å²) < 4.78 is 14.1. The van der Waals surface area contributed by atoms with Gasteiger partial charge in [-0.15, -0.1) is 11.3 Å². The van der Waals surface area contributed by atoms with Gasteiger partial charge in [-0.2, -0.15) is 0 Å². The van der Waals surface area contributed by atoms with Crippen molar-refractivity contribution in [3.8, 4) is 0 Å². The molecule has 1 atom stereocenters. The van der Waals surface area contributed by atoms with E-state index in [1.807, 2.05) is 11.4 Å². The first-order valence-electron chi connectivity index (χ1n) is 5.36. The lowest BCUT2D eigenvalue weighted by Crippen LogP contribution is -2.22. The second kappa shape index (κ2) is 3.90. The van der Waals surface area contributed by atoms with Gasteiger partial charge >= 0.3 is 0 Å². The molecule has 17 heavy (non-hydrogen) atoms. The lowest BCUT2D eigenvalue weighted by atomic mass is 9.94. The highest BCUT2D eigenvalue weighted by molar-refractivity contribution is 9.10. The average molecular weight is 313 g/mol. The smallest absolute Gasteiger partial charge is 0.125 e. The van der Waals surface area contributed by atoms with Gasteiger partial charge in [0.05, 0.1) is 4.88 Å². The zero-order valence-corrected chi connectivity index (χ0v) is 11.3. The van der Waals surface area contributed by atoms with Crippen LogP contribution in [0.3, 0.4) is 0 Å². The van der Waals surface area contributed by atoms with Gasteiger partial charge in [0, 0.05) is 4.47 Å². The molecule has 0 fully saturated rings. The van der Waals surface area contributed by atoms with Gasteiger partial charge in [0.2, 0.25) is 0 Å². The number of hydrogen-bond acceptors (Lipinski definition) is 2. The van der Waals surface area contributed by atoms with Crippen molar-refractivity contribution in [2.45, 2.75) is 18.4 Å². The van der Waals surface area contributed by atoms with E-state index >= 15 is 0 Å². The summed E-state index contributed by atoms with van der Waals surface area (Å²) in [5, 5.41) is 12.8. The number of hydrogen-bond donors (Lipinski definition) is 1. The number of aryl methyl sites for hydroxylation is 1. The van der Waals surface area contributed by atoms with Crippen molar-refractivity contribution < 1.29 is 9.50 Å². The molecule has 1 nitrogen and oxygen atoms in total. The van der Waals surface area contributed by atoms with Crippen molar-refractivity contribution in [3.05, 3.63) is 55.9 Å². The van der Waals surface area contributed by atoms with Crippen LogP contribution in [0.4, 0.5) is 4.39 Å². The number of rotatable bonds is 1. The first-order chi connectivity index (χ1) is 8.11. The Morgan fingerprint density at radius 3 is 2.88 bits per heavy atom. The molecule has 0 saturated heterocycles. The van der Waals surface area contributed by atoms with Gasteiger partial charge in [0.25, 0.3) is 0 Å². The minimum Gasteiger partial charge on any atom is -0.379 e. The Hall–Kier alpha value is -0.710. The maximum Gasteiger partial charge on any atom is 0.125 e. The second-order valence-corrected chi connectivity index (χ2v) is 6.03. The number of aliphatic hydroxyl groups is 1. The molecule has 1 heterocycles. The predicted molar refractivity (Wildman–Crippen MR) is 69.7 cm³/mol. The van der Waals surface area contributed by atoms with Crippen LogP contribution in [-0.2, 0) is 12.0 Å². The summed E-state index contributed by atoms with van der Waals surface area (Å²) in [4.78, 5) is 0.905. The molecule has 0 bridgehead atoms. The quantitative estimate of drug-likeness (QED) is 0.848. The first kappa shape index (κ1) is 11.4. The Morgan fingerprint density at radius 2 is 2.18 bits per heavy atom. The highest BCUT2D eigenvalue weighted by Crippen LogP contribution is 2.46. The van der Waals surface area contributed by atoms with E-state index in [0.29, 0.717) is 12.8 Å². The van der Waals surface area contributed by atoms with E-state index in [0.717, 1.165) is 20.5 Å². The standard InChI is InChI=1S/C13H10BrFOS/c14-11-4-6-17-12(11)13(16)5-3-8-7-9(15)1-2-10(8)13/h1-2,4,6-7,16H,3,5H2. The topological polar surface area (TPSA) is 20.2 Å². The van der Waals surface area contributed by atoms with Crippen LogP contribution >= 0.6 is 27.3 Å². The van der Waals surface area contributed by atoms with E-state index in [1.54, 1.807) is 6.07 Å². The fourth-order valence-electron chi connectivity index (χ4n) is 2.45. The van der Waals surface area contributed by atoms with Gasteiger partial charge in [-0.3, -0.25) is 0 Å². The largest absolute Gasteiger partial charge is 0.379 e. The van der Waals surface area contributed by atoms with E-state index in [2.05, 4.69) is 15.9 Å². The van der Waals surface area contributed by atoms with Crippen LogP contribution in [0, 0.1) is 5.82 Å². The van der Waals surface area contributed by atoms with Crippen molar-refractivity contribution in [2.24, 2.45) is 0 Å². The molecule has 1 aromatic carbocycles. The summed E-state index contributed by atoms with van der Waals surface area (Å²) in [5.74, 6) is -0.238. The molecular formula is C13H10BrFOS. The van der Waals surface area contributed by atoms with Crippen molar-refractivity contribution in [1.29, 1.82) is 0 Å². The lowest BCUT2D eigenvalue weighted by molar-refractivity contribution is 0.0861. The van der Waals surface area contributed by atoms with Crippen molar-refractivity contribution >= 4 is 27.3 Å². The van der Waals surface area contributed by atoms with E-state index in [4.69, 9.17) is 0 Å². The Morgan fingerprint density at radius 1 is 1.35 bits per heavy atom. The zero-order valence-electron chi connectivity index (χ0n) is 8.91. The number of fused-ring (bicyclic) bond motifs is 1. The Kier molecular flexibility index (Phi) is 2.61. The molecule has 1 aromatic heterocycles. The fraction of sp³-hybridized carbons (Fsp3) is 0.231. The average Bonchev–Trinajstić information content (AvgIpc) is 2.85. The summed E-state index contributed by atoms with van der Waals surface area (Å²) in [6.07, 6.45) is 1.33. The molecule has 2 aromatic rings. The molecular weight excluding hydrogens is 303 g/mol. The lowest BCUT2D eigenvalue weighted by Gasteiger charge is -2.23. The molecule has 0 radical (unpaired) electrons. The van der Waals surface area contributed by atoms with Crippen LogP contribution in [0.2, 0.25) is 0 Å². The van der Waals surface area contributed by atoms with Gasteiger partial charge in [-0.25, -0.2) is 4.39 Å². The SMILES string of the molecule is OC1(c2sccc2Br)CCc2cc(F)ccc21. The van der Waals surface area contributed by atoms with Gasteiger partial charge < -0.3 is 5.11 Å². The Labute approximate surface area is 111 Å². The van der Waals surface area contributed by atoms with Crippen LogP contribution in [0.5, 0.6) is 0 Å². The Balaban J connectivity index is 2.17. The molecule has 3 rings (SSSR count). The third kappa shape index (κ3) is 1.66. The summed E-state index contributed by atoms with van der Waals surface area (Å²) >= 11 is 4.98. The molecule has 0 saturated carbocycles. The van der Waals surface area contributed by atoms with E-state index in [9.17, 15) is 9.50 Å². The van der Waals surface area contributed by atoms with E-state index in [-0.39, 0.29) is 5.82 Å². The second-order valence-electron chi connectivity index (χ2n) is 4.26. The molecule has 1 N–H and O–H groups in total. The highest BCUT2D eigenvalue weighted by atomic mass is 79.9. The van der Waals surface area contributed by atoms with Gasteiger partial charge in [-0.1, -0.05) is 6.07 Å². The molecule has 88 valence electrons. The van der Waals surface area contributed by atoms with Crippen LogP contribution in [0.25, 0.3) is 0 Å². The summed E-state index contributed by atoms with van der Waals surface area (Å²) in [7, 11) is 0. The molecule has 0 aliphatic heterocycles. The van der Waals surface area contributed by atoms with E-state index in [1.165, 1.54) is 23.5 Å². The highest BCUT2D eigenvalue weighted by Gasteiger charge is 2.40. The monoisotopic (exact) mass is 312 g/mol. The van der Waals surface area contributed by atoms with Gasteiger partial charge in [-0.05, 0) is 63.5 Å².